The Balaban J connectivity index is 1.88. The van der Waals surface area contributed by atoms with Gasteiger partial charge in [-0.05, 0) is 23.6 Å². The fourth-order valence-electron chi connectivity index (χ4n) is 3.02. The van der Waals surface area contributed by atoms with Crippen molar-refractivity contribution in [1.82, 2.24) is 9.62 Å². The lowest BCUT2D eigenvalue weighted by atomic mass is 10.0. The molecule has 1 atom stereocenters. The van der Waals surface area contributed by atoms with Crippen molar-refractivity contribution in [2.75, 3.05) is 7.05 Å². The first kappa shape index (κ1) is 19.1. The molecule has 2 aromatic rings. The Kier molecular flexibility index (Phi) is 5.32. The lowest BCUT2D eigenvalue weighted by molar-refractivity contribution is -0.132. The third-order valence-electron chi connectivity index (χ3n) is 4.45. The van der Waals surface area contributed by atoms with Crippen molar-refractivity contribution < 1.29 is 13.2 Å². The Morgan fingerprint density at radius 1 is 1.07 bits per heavy atom. The van der Waals surface area contributed by atoms with Gasteiger partial charge >= 0.3 is 0 Å². The molecule has 1 N–H and O–H groups in total. The van der Waals surface area contributed by atoms with Gasteiger partial charge in [-0.2, -0.15) is 0 Å². The van der Waals surface area contributed by atoms with E-state index < -0.39 is 16.1 Å². The predicted octanol–water partition coefficient (Wildman–Crippen LogP) is 2.41. The summed E-state index contributed by atoms with van der Waals surface area (Å²) in [6, 6.07) is 15.7. The highest BCUT2D eigenvalue weighted by Gasteiger charge is 2.33. The van der Waals surface area contributed by atoms with E-state index in [9.17, 15) is 13.2 Å². The number of sulfonamides is 1. The van der Waals surface area contributed by atoms with Crippen molar-refractivity contribution in [2.45, 2.75) is 31.3 Å². The first-order chi connectivity index (χ1) is 12.8. The number of rotatable bonds is 5. The fraction of sp³-hybridized carbons (Fsp3) is 0.300. The van der Waals surface area contributed by atoms with Crippen LogP contribution in [0, 0.1) is 5.92 Å². The zero-order valence-corrected chi connectivity index (χ0v) is 16.4. The SMILES string of the molecule is CC(C)C(N=C1NS(=O)(=O)c2ccccc21)C(=O)N(C)Cc1ccccc1. The van der Waals surface area contributed by atoms with Gasteiger partial charge in [-0.3, -0.25) is 14.5 Å². The average Bonchev–Trinajstić information content (AvgIpc) is 2.90. The highest BCUT2D eigenvalue weighted by atomic mass is 32.2. The van der Waals surface area contributed by atoms with Crippen LogP contribution >= 0.6 is 0 Å². The topological polar surface area (TPSA) is 78.8 Å². The molecule has 0 aromatic heterocycles. The summed E-state index contributed by atoms with van der Waals surface area (Å²) in [6.45, 7) is 4.27. The lowest BCUT2D eigenvalue weighted by Crippen LogP contribution is -2.39. The van der Waals surface area contributed by atoms with Gasteiger partial charge in [-0.1, -0.05) is 56.3 Å². The van der Waals surface area contributed by atoms with Crippen molar-refractivity contribution >= 4 is 21.8 Å². The maximum absolute atomic E-state index is 13.0. The minimum Gasteiger partial charge on any atom is -0.340 e. The first-order valence-electron chi connectivity index (χ1n) is 8.78. The molecule has 3 rings (SSSR count). The van der Waals surface area contributed by atoms with Crippen molar-refractivity contribution in [3.05, 3.63) is 65.7 Å². The number of hydrogen-bond acceptors (Lipinski definition) is 4. The Morgan fingerprint density at radius 3 is 2.37 bits per heavy atom. The van der Waals surface area contributed by atoms with Crippen LogP contribution < -0.4 is 4.72 Å². The average molecular weight is 385 g/mol. The third kappa shape index (κ3) is 4.03. The molecule has 2 aromatic carbocycles. The normalized spacial score (nSPS) is 17.4. The second-order valence-corrected chi connectivity index (χ2v) is 8.60. The second-order valence-electron chi connectivity index (χ2n) is 6.95. The molecule has 1 heterocycles. The molecule has 0 radical (unpaired) electrons. The smallest absolute Gasteiger partial charge is 0.263 e. The maximum atomic E-state index is 13.0. The zero-order chi connectivity index (χ0) is 19.6. The van der Waals surface area contributed by atoms with E-state index in [-0.39, 0.29) is 22.6 Å². The van der Waals surface area contributed by atoms with E-state index in [0.717, 1.165) is 5.56 Å². The number of amides is 1. The molecule has 0 spiro atoms. The molecule has 1 aliphatic heterocycles. The van der Waals surface area contributed by atoms with Crippen molar-refractivity contribution in [1.29, 1.82) is 0 Å². The number of nitrogens with zero attached hydrogens (tertiary/aromatic N) is 2. The summed E-state index contributed by atoms with van der Waals surface area (Å²) in [5.74, 6) is -0.00353. The van der Waals surface area contributed by atoms with Crippen LogP contribution in [0.2, 0.25) is 0 Å². The number of aliphatic imine (C=N–C) groups is 1. The summed E-state index contributed by atoms with van der Waals surface area (Å²) in [6.07, 6.45) is 0. The van der Waals surface area contributed by atoms with E-state index in [0.29, 0.717) is 12.1 Å². The largest absolute Gasteiger partial charge is 0.340 e. The van der Waals surface area contributed by atoms with Gasteiger partial charge < -0.3 is 4.90 Å². The number of fused-ring (bicyclic) bond motifs is 1. The minimum atomic E-state index is -3.63. The van der Waals surface area contributed by atoms with Crippen molar-refractivity contribution in [3.63, 3.8) is 0 Å². The molecule has 0 fully saturated rings. The monoisotopic (exact) mass is 385 g/mol. The number of carbonyl (C=O) groups is 1. The Bertz CT molecular complexity index is 969. The minimum absolute atomic E-state index is 0.0829. The van der Waals surface area contributed by atoms with Gasteiger partial charge in [-0.15, -0.1) is 0 Å². The van der Waals surface area contributed by atoms with Gasteiger partial charge in [0.2, 0.25) is 5.91 Å². The van der Waals surface area contributed by atoms with Gasteiger partial charge in [0.15, 0.2) is 0 Å². The fourth-order valence-corrected chi connectivity index (χ4v) is 4.26. The molecular weight excluding hydrogens is 362 g/mol. The van der Waals surface area contributed by atoms with E-state index in [1.807, 2.05) is 44.2 Å². The molecule has 0 saturated carbocycles. The number of benzene rings is 2. The summed E-state index contributed by atoms with van der Waals surface area (Å²) >= 11 is 0. The molecule has 0 bridgehead atoms. The Hall–Kier alpha value is -2.67. The number of hydrogen-bond donors (Lipinski definition) is 1. The van der Waals surface area contributed by atoms with Gasteiger partial charge in [0.1, 0.15) is 11.9 Å². The molecule has 0 saturated heterocycles. The van der Waals surface area contributed by atoms with Gasteiger partial charge in [0, 0.05) is 19.2 Å². The maximum Gasteiger partial charge on any atom is 0.263 e. The number of amidine groups is 1. The van der Waals surface area contributed by atoms with Crippen LogP contribution in [0.3, 0.4) is 0 Å². The summed E-state index contributed by atoms with van der Waals surface area (Å²) in [5, 5.41) is 0. The van der Waals surface area contributed by atoms with Gasteiger partial charge in [0.05, 0.1) is 4.90 Å². The molecule has 0 aliphatic carbocycles. The van der Waals surface area contributed by atoms with E-state index in [1.54, 1.807) is 30.1 Å². The predicted molar refractivity (Wildman–Crippen MR) is 105 cm³/mol. The highest BCUT2D eigenvalue weighted by molar-refractivity contribution is 7.90. The van der Waals surface area contributed by atoms with Crippen LogP contribution in [-0.2, 0) is 21.4 Å². The highest BCUT2D eigenvalue weighted by Crippen LogP contribution is 2.24. The molecule has 1 amide bonds. The van der Waals surface area contributed by atoms with Crippen LogP contribution in [0.5, 0.6) is 0 Å². The number of likely N-dealkylation sites (N-methyl/N-ethyl adjacent to an activating group) is 1. The lowest BCUT2D eigenvalue weighted by Gasteiger charge is -2.24. The standard InChI is InChI=1S/C20H23N3O3S/c1-14(2)18(20(24)23(3)13-15-9-5-4-6-10-15)21-19-16-11-7-8-12-17(16)27(25,26)22-19/h4-12,14,18H,13H2,1-3H3,(H,21,22). The Labute approximate surface area is 160 Å². The summed E-state index contributed by atoms with van der Waals surface area (Å²) in [5.41, 5.74) is 1.53. The number of carbonyl (C=O) groups excluding carboxylic acids is 1. The summed E-state index contributed by atoms with van der Waals surface area (Å²) in [7, 11) is -1.89. The molecule has 1 unspecified atom stereocenters. The van der Waals surface area contributed by atoms with Gasteiger partial charge in [0.25, 0.3) is 10.0 Å². The zero-order valence-electron chi connectivity index (χ0n) is 15.6. The molecular formula is C20H23N3O3S. The van der Waals surface area contributed by atoms with Crippen LogP contribution in [0.25, 0.3) is 0 Å². The summed E-state index contributed by atoms with van der Waals surface area (Å²) < 4.78 is 27.0. The van der Waals surface area contributed by atoms with Crippen molar-refractivity contribution in [3.8, 4) is 0 Å². The van der Waals surface area contributed by atoms with E-state index in [4.69, 9.17) is 0 Å². The first-order valence-corrected chi connectivity index (χ1v) is 10.3. The second kappa shape index (κ2) is 7.52. The Morgan fingerprint density at radius 2 is 1.70 bits per heavy atom. The quantitative estimate of drug-likeness (QED) is 0.858. The van der Waals surface area contributed by atoms with Gasteiger partial charge in [-0.25, -0.2) is 8.42 Å². The molecule has 7 heteroatoms. The van der Waals surface area contributed by atoms with E-state index in [1.165, 1.54) is 6.07 Å². The summed E-state index contributed by atoms with van der Waals surface area (Å²) in [4.78, 5) is 19.3. The van der Waals surface area contributed by atoms with E-state index >= 15 is 0 Å². The van der Waals surface area contributed by atoms with E-state index in [2.05, 4.69) is 9.71 Å². The van der Waals surface area contributed by atoms with Crippen molar-refractivity contribution in [2.24, 2.45) is 10.9 Å². The van der Waals surface area contributed by atoms with Crippen LogP contribution in [0.15, 0.2) is 64.5 Å². The third-order valence-corrected chi connectivity index (χ3v) is 5.85. The van der Waals surface area contributed by atoms with Crippen LogP contribution in [0.1, 0.15) is 25.0 Å². The number of nitrogens with one attached hydrogen (secondary N) is 1. The van der Waals surface area contributed by atoms with Crippen LogP contribution in [0.4, 0.5) is 0 Å². The molecule has 27 heavy (non-hydrogen) atoms. The molecule has 6 nitrogen and oxygen atoms in total. The molecule has 1 aliphatic rings. The molecule has 142 valence electrons. The van der Waals surface area contributed by atoms with Crippen LogP contribution in [-0.4, -0.2) is 38.2 Å².